The first-order valence-corrected chi connectivity index (χ1v) is 5.12. The Balaban J connectivity index is 2.02. The molecule has 0 spiro atoms. The SMILES string of the molecule is Fc1ccccc1OCc1ncc(Br)[nH]1. The summed E-state index contributed by atoms with van der Waals surface area (Å²) in [6.07, 6.45) is 1.63. The van der Waals surface area contributed by atoms with Crippen molar-refractivity contribution in [3.05, 3.63) is 46.7 Å². The number of imidazole rings is 1. The first-order chi connectivity index (χ1) is 7.25. The molecule has 3 nitrogen and oxygen atoms in total. The predicted molar refractivity (Wildman–Crippen MR) is 57.0 cm³/mol. The maximum atomic E-state index is 13.1. The van der Waals surface area contributed by atoms with E-state index >= 15 is 0 Å². The third kappa shape index (κ3) is 2.56. The molecule has 0 saturated carbocycles. The Morgan fingerprint density at radius 1 is 1.40 bits per heavy atom. The van der Waals surface area contributed by atoms with Crippen LogP contribution >= 0.6 is 15.9 Å². The fraction of sp³-hybridized carbons (Fsp3) is 0.100. The van der Waals surface area contributed by atoms with Gasteiger partial charge in [-0.15, -0.1) is 0 Å². The molecule has 0 fully saturated rings. The van der Waals surface area contributed by atoms with Gasteiger partial charge >= 0.3 is 0 Å². The van der Waals surface area contributed by atoms with Crippen LogP contribution in [-0.4, -0.2) is 9.97 Å². The van der Waals surface area contributed by atoms with E-state index in [-0.39, 0.29) is 18.2 Å². The van der Waals surface area contributed by atoms with Gasteiger partial charge in [-0.1, -0.05) is 12.1 Å². The molecule has 0 saturated heterocycles. The number of hydrogen-bond acceptors (Lipinski definition) is 2. The second-order valence-corrected chi connectivity index (χ2v) is 3.75. The molecule has 1 heterocycles. The van der Waals surface area contributed by atoms with E-state index in [1.165, 1.54) is 6.07 Å². The van der Waals surface area contributed by atoms with Crippen molar-refractivity contribution in [1.82, 2.24) is 9.97 Å². The molecule has 0 unspecified atom stereocenters. The van der Waals surface area contributed by atoms with Gasteiger partial charge in [0, 0.05) is 0 Å². The molecule has 1 N–H and O–H groups in total. The molecule has 5 heteroatoms. The summed E-state index contributed by atoms with van der Waals surface area (Å²) in [6.45, 7) is 0.215. The number of ether oxygens (including phenoxy) is 1. The summed E-state index contributed by atoms with van der Waals surface area (Å²) in [4.78, 5) is 6.93. The summed E-state index contributed by atoms with van der Waals surface area (Å²) in [5, 5.41) is 0. The molecule has 0 atom stereocenters. The van der Waals surface area contributed by atoms with Crippen LogP contribution in [0.3, 0.4) is 0 Å². The van der Waals surface area contributed by atoms with E-state index in [2.05, 4.69) is 25.9 Å². The highest BCUT2D eigenvalue weighted by Gasteiger charge is 2.03. The summed E-state index contributed by atoms with van der Waals surface area (Å²) >= 11 is 3.23. The average Bonchev–Trinajstić information content (AvgIpc) is 2.63. The van der Waals surface area contributed by atoms with E-state index in [0.29, 0.717) is 5.82 Å². The zero-order chi connectivity index (χ0) is 10.7. The molecule has 0 radical (unpaired) electrons. The standard InChI is InChI=1S/C10H8BrFN2O/c11-9-5-13-10(14-9)6-15-8-4-2-1-3-7(8)12/h1-5H,6H2,(H,13,14). The lowest BCUT2D eigenvalue weighted by Gasteiger charge is -2.04. The number of aromatic amines is 1. The van der Waals surface area contributed by atoms with Crippen molar-refractivity contribution in [2.24, 2.45) is 0 Å². The van der Waals surface area contributed by atoms with Crippen LogP contribution in [0.15, 0.2) is 35.1 Å². The van der Waals surface area contributed by atoms with Crippen molar-refractivity contribution in [2.45, 2.75) is 6.61 Å². The summed E-state index contributed by atoms with van der Waals surface area (Å²) in [5.41, 5.74) is 0. The fourth-order valence-electron chi connectivity index (χ4n) is 1.12. The number of para-hydroxylation sites is 1. The van der Waals surface area contributed by atoms with Crippen LogP contribution < -0.4 is 4.74 Å². The van der Waals surface area contributed by atoms with Gasteiger partial charge in [-0.25, -0.2) is 9.37 Å². The van der Waals surface area contributed by atoms with Gasteiger partial charge < -0.3 is 9.72 Å². The molecule has 0 aliphatic carbocycles. The van der Waals surface area contributed by atoms with Crippen LogP contribution in [0.5, 0.6) is 5.75 Å². The largest absolute Gasteiger partial charge is 0.483 e. The van der Waals surface area contributed by atoms with Crippen molar-refractivity contribution in [2.75, 3.05) is 0 Å². The second kappa shape index (κ2) is 4.44. The highest BCUT2D eigenvalue weighted by molar-refractivity contribution is 9.10. The molecular weight excluding hydrogens is 263 g/mol. The van der Waals surface area contributed by atoms with Crippen LogP contribution in [0.25, 0.3) is 0 Å². The van der Waals surface area contributed by atoms with Gasteiger partial charge in [-0.2, -0.15) is 0 Å². The number of rotatable bonds is 3. The zero-order valence-corrected chi connectivity index (χ0v) is 9.29. The van der Waals surface area contributed by atoms with E-state index in [1.807, 2.05) is 0 Å². The smallest absolute Gasteiger partial charge is 0.165 e. The van der Waals surface area contributed by atoms with Crippen LogP contribution in [0, 0.1) is 5.82 Å². The lowest BCUT2D eigenvalue weighted by molar-refractivity contribution is 0.282. The topological polar surface area (TPSA) is 37.9 Å². The molecule has 0 aliphatic heterocycles. The monoisotopic (exact) mass is 270 g/mol. The number of aromatic nitrogens is 2. The molecule has 1 aromatic heterocycles. The third-order valence-corrected chi connectivity index (χ3v) is 2.20. The molecule has 1 aromatic carbocycles. The molecular formula is C10H8BrFN2O. The van der Waals surface area contributed by atoms with E-state index in [0.717, 1.165) is 4.60 Å². The normalized spacial score (nSPS) is 10.3. The first-order valence-electron chi connectivity index (χ1n) is 4.32. The minimum Gasteiger partial charge on any atom is -0.483 e. The van der Waals surface area contributed by atoms with Gasteiger partial charge in [0.15, 0.2) is 11.6 Å². The highest BCUT2D eigenvalue weighted by Crippen LogP contribution is 2.16. The Morgan fingerprint density at radius 2 is 2.20 bits per heavy atom. The summed E-state index contributed by atoms with van der Waals surface area (Å²) < 4.78 is 19.2. The minimum atomic E-state index is -0.372. The Kier molecular flexibility index (Phi) is 3.01. The number of H-pyrrole nitrogens is 1. The number of hydrogen-bond donors (Lipinski definition) is 1. The number of halogens is 2. The molecule has 0 amide bonds. The van der Waals surface area contributed by atoms with Crippen LogP contribution in [-0.2, 0) is 6.61 Å². The van der Waals surface area contributed by atoms with Gasteiger partial charge in [0.2, 0.25) is 0 Å². The Hall–Kier alpha value is -1.36. The van der Waals surface area contributed by atoms with Crippen molar-refractivity contribution in [3.8, 4) is 5.75 Å². The molecule has 2 aromatic rings. The molecule has 15 heavy (non-hydrogen) atoms. The minimum absolute atomic E-state index is 0.215. The van der Waals surface area contributed by atoms with Gasteiger partial charge in [0.1, 0.15) is 17.0 Å². The average molecular weight is 271 g/mol. The first kappa shape index (κ1) is 10.2. The molecule has 0 bridgehead atoms. The van der Waals surface area contributed by atoms with Crippen molar-refractivity contribution >= 4 is 15.9 Å². The van der Waals surface area contributed by atoms with Gasteiger partial charge in [-0.05, 0) is 28.1 Å². The highest BCUT2D eigenvalue weighted by atomic mass is 79.9. The summed E-state index contributed by atoms with van der Waals surface area (Å²) in [5.74, 6) is 0.498. The Labute approximate surface area is 94.4 Å². The van der Waals surface area contributed by atoms with E-state index in [4.69, 9.17) is 4.74 Å². The maximum absolute atomic E-state index is 13.1. The van der Waals surface area contributed by atoms with E-state index < -0.39 is 0 Å². The van der Waals surface area contributed by atoms with E-state index in [1.54, 1.807) is 24.4 Å². The third-order valence-electron chi connectivity index (χ3n) is 1.80. The number of nitrogens with zero attached hydrogens (tertiary/aromatic N) is 1. The number of benzene rings is 1. The van der Waals surface area contributed by atoms with Crippen molar-refractivity contribution in [1.29, 1.82) is 0 Å². The van der Waals surface area contributed by atoms with Gasteiger partial charge in [-0.3, -0.25) is 0 Å². The predicted octanol–water partition coefficient (Wildman–Crippen LogP) is 2.89. The van der Waals surface area contributed by atoms with Crippen molar-refractivity contribution in [3.63, 3.8) is 0 Å². The van der Waals surface area contributed by atoms with Crippen LogP contribution in [0.4, 0.5) is 4.39 Å². The lowest BCUT2D eigenvalue weighted by Crippen LogP contribution is -1.98. The van der Waals surface area contributed by atoms with Gasteiger partial charge in [0.05, 0.1) is 6.20 Å². The fourth-order valence-corrected chi connectivity index (χ4v) is 1.45. The molecule has 78 valence electrons. The molecule has 2 rings (SSSR count). The summed E-state index contributed by atoms with van der Waals surface area (Å²) in [6, 6.07) is 6.27. The maximum Gasteiger partial charge on any atom is 0.165 e. The second-order valence-electron chi connectivity index (χ2n) is 2.90. The van der Waals surface area contributed by atoms with Crippen LogP contribution in [0.2, 0.25) is 0 Å². The lowest BCUT2D eigenvalue weighted by atomic mass is 10.3. The Bertz CT molecular complexity index is 458. The molecule has 0 aliphatic rings. The quantitative estimate of drug-likeness (QED) is 0.932. The Morgan fingerprint density at radius 3 is 2.87 bits per heavy atom. The van der Waals surface area contributed by atoms with Crippen molar-refractivity contribution < 1.29 is 9.13 Å². The summed E-state index contributed by atoms with van der Waals surface area (Å²) in [7, 11) is 0. The number of nitrogens with one attached hydrogen (secondary N) is 1. The van der Waals surface area contributed by atoms with E-state index in [9.17, 15) is 4.39 Å². The van der Waals surface area contributed by atoms with Gasteiger partial charge in [0.25, 0.3) is 0 Å². The zero-order valence-electron chi connectivity index (χ0n) is 7.71. The van der Waals surface area contributed by atoms with Crippen LogP contribution in [0.1, 0.15) is 5.82 Å².